The van der Waals surface area contributed by atoms with Crippen molar-refractivity contribution in [2.24, 2.45) is 5.73 Å². The van der Waals surface area contributed by atoms with E-state index in [0.717, 1.165) is 5.69 Å². The molecule has 0 saturated carbocycles. The molecule has 24 heavy (non-hydrogen) atoms. The second-order valence-corrected chi connectivity index (χ2v) is 6.36. The highest BCUT2D eigenvalue weighted by Crippen LogP contribution is 2.30. The van der Waals surface area contributed by atoms with Crippen molar-refractivity contribution in [1.82, 2.24) is 4.90 Å². The first kappa shape index (κ1) is 17.0. The fourth-order valence-corrected chi connectivity index (χ4v) is 3.33. The Balaban J connectivity index is 1.64. The molecule has 0 unspecified atom stereocenters. The van der Waals surface area contributed by atoms with Crippen molar-refractivity contribution in [3.63, 3.8) is 0 Å². The van der Waals surface area contributed by atoms with Crippen molar-refractivity contribution >= 4 is 11.6 Å². The molecule has 6 nitrogen and oxygen atoms in total. The van der Waals surface area contributed by atoms with Crippen LogP contribution < -0.4 is 15.4 Å². The van der Waals surface area contributed by atoms with Crippen molar-refractivity contribution in [1.29, 1.82) is 0 Å². The minimum atomic E-state index is -0.798. The number of nitrogens with two attached hydrogens (primary N) is 1. The number of carbonyl (C=O) groups is 1. The molecular formula is C17H24FN3O3. The Morgan fingerprint density at radius 2 is 1.92 bits per heavy atom. The van der Waals surface area contributed by atoms with Crippen LogP contribution in [0.4, 0.5) is 10.1 Å². The quantitative estimate of drug-likeness (QED) is 0.891. The Morgan fingerprint density at radius 1 is 1.25 bits per heavy atom. The van der Waals surface area contributed by atoms with Crippen LogP contribution >= 0.6 is 0 Å². The summed E-state index contributed by atoms with van der Waals surface area (Å²) in [5.41, 5.74) is 6.34. The normalized spacial score (nSPS) is 20.8. The predicted octanol–water partition coefficient (Wildman–Crippen LogP) is 0.991. The molecule has 0 radical (unpaired) electrons. The second-order valence-electron chi connectivity index (χ2n) is 6.36. The Kier molecular flexibility index (Phi) is 4.91. The first-order valence-electron chi connectivity index (χ1n) is 8.28. The molecule has 7 heteroatoms. The zero-order chi connectivity index (χ0) is 17.2. The lowest BCUT2D eigenvalue weighted by molar-refractivity contribution is -0.140. The van der Waals surface area contributed by atoms with Crippen LogP contribution in [0.3, 0.4) is 0 Å². The van der Waals surface area contributed by atoms with Crippen LogP contribution in [0.25, 0.3) is 0 Å². The van der Waals surface area contributed by atoms with Crippen LogP contribution in [0.15, 0.2) is 18.2 Å². The summed E-state index contributed by atoms with van der Waals surface area (Å²) < 4.78 is 23.9. The monoisotopic (exact) mass is 337 g/mol. The topological polar surface area (TPSA) is 68.0 Å². The van der Waals surface area contributed by atoms with E-state index in [-0.39, 0.29) is 11.7 Å². The van der Waals surface area contributed by atoms with Crippen molar-refractivity contribution in [3.8, 4) is 5.75 Å². The molecule has 0 aromatic heterocycles. The zero-order valence-corrected chi connectivity index (χ0v) is 14.0. The van der Waals surface area contributed by atoms with Crippen LogP contribution in [0.5, 0.6) is 5.75 Å². The van der Waals surface area contributed by atoms with Crippen LogP contribution in [0.1, 0.15) is 12.8 Å². The van der Waals surface area contributed by atoms with Crippen LogP contribution in [0, 0.1) is 5.82 Å². The van der Waals surface area contributed by atoms with E-state index in [1.54, 1.807) is 6.07 Å². The summed E-state index contributed by atoms with van der Waals surface area (Å²) in [7, 11) is 1.53. The van der Waals surface area contributed by atoms with Crippen molar-refractivity contribution in [2.75, 3.05) is 51.4 Å². The molecule has 0 aliphatic carbocycles. The number of methoxy groups -OCH3 is 1. The van der Waals surface area contributed by atoms with Crippen molar-refractivity contribution in [2.45, 2.75) is 18.4 Å². The van der Waals surface area contributed by atoms with Gasteiger partial charge in [-0.1, -0.05) is 0 Å². The molecule has 1 aromatic carbocycles. The number of carbonyl (C=O) groups excluding carboxylic acids is 1. The number of amides is 1. The summed E-state index contributed by atoms with van der Waals surface area (Å²) in [4.78, 5) is 16.7. The molecule has 2 saturated heterocycles. The maximum absolute atomic E-state index is 13.3. The number of halogens is 1. The molecule has 132 valence electrons. The van der Waals surface area contributed by atoms with Crippen molar-refractivity contribution < 1.29 is 18.7 Å². The van der Waals surface area contributed by atoms with E-state index >= 15 is 0 Å². The summed E-state index contributed by atoms with van der Waals surface area (Å²) >= 11 is 0. The smallest absolute Gasteiger partial charge is 0.242 e. The first-order valence-corrected chi connectivity index (χ1v) is 8.28. The number of hydrogen-bond donors (Lipinski definition) is 1. The fourth-order valence-electron chi connectivity index (χ4n) is 3.33. The van der Waals surface area contributed by atoms with Gasteiger partial charge < -0.3 is 25.0 Å². The molecule has 1 aromatic rings. The number of piperazine rings is 1. The van der Waals surface area contributed by atoms with Gasteiger partial charge >= 0.3 is 0 Å². The zero-order valence-electron chi connectivity index (χ0n) is 14.0. The van der Waals surface area contributed by atoms with E-state index in [1.807, 2.05) is 4.90 Å². The molecule has 0 bridgehead atoms. The minimum Gasteiger partial charge on any atom is -0.494 e. The van der Waals surface area contributed by atoms with Crippen molar-refractivity contribution in [3.05, 3.63) is 24.0 Å². The van der Waals surface area contributed by atoms with E-state index in [1.165, 1.54) is 19.2 Å². The highest BCUT2D eigenvalue weighted by Gasteiger charge is 2.39. The average Bonchev–Trinajstić information content (AvgIpc) is 2.62. The van der Waals surface area contributed by atoms with E-state index in [0.29, 0.717) is 58.0 Å². The molecule has 2 heterocycles. The van der Waals surface area contributed by atoms with Gasteiger partial charge in [-0.25, -0.2) is 4.39 Å². The molecular weight excluding hydrogens is 313 g/mol. The van der Waals surface area contributed by atoms with Crippen LogP contribution in [-0.4, -0.2) is 62.8 Å². The third-order valence-corrected chi connectivity index (χ3v) is 4.86. The van der Waals surface area contributed by atoms with E-state index in [4.69, 9.17) is 15.2 Å². The van der Waals surface area contributed by atoms with Gasteiger partial charge in [0.2, 0.25) is 5.91 Å². The van der Waals surface area contributed by atoms with Crippen LogP contribution in [-0.2, 0) is 9.53 Å². The lowest BCUT2D eigenvalue weighted by Gasteiger charge is -2.41. The second kappa shape index (κ2) is 6.94. The van der Waals surface area contributed by atoms with Gasteiger partial charge in [0.25, 0.3) is 0 Å². The molecule has 1 amide bonds. The van der Waals surface area contributed by atoms with Gasteiger partial charge in [-0.15, -0.1) is 0 Å². The Morgan fingerprint density at radius 3 is 2.54 bits per heavy atom. The van der Waals surface area contributed by atoms with Gasteiger partial charge in [0.1, 0.15) is 11.6 Å². The molecule has 0 atom stereocenters. The van der Waals surface area contributed by atoms with Gasteiger partial charge in [-0.2, -0.15) is 0 Å². The standard InChI is InChI=1S/C17H24FN3O3/c1-23-15-12-13(18)2-3-14(15)20-6-8-21(9-7-20)16(22)17(19)4-10-24-11-5-17/h2-3,12H,4-11,19H2,1H3. The third kappa shape index (κ3) is 3.32. The number of ether oxygens (including phenoxy) is 2. The molecule has 0 spiro atoms. The fraction of sp³-hybridized carbons (Fsp3) is 0.588. The number of benzene rings is 1. The summed E-state index contributed by atoms with van der Waals surface area (Å²) in [6.45, 7) is 3.60. The molecule has 2 N–H and O–H groups in total. The Hall–Kier alpha value is -1.86. The summed E-state index contributed by atoms with van der Waals surface area (Å²) in [6.07, 6.45) is 1.13. The van der Waals surface area contributed by atoms with Gasteiger partial charge in [-0.05, 0) is 25.0 Å². The molecule has 2 fully saturated rings. The molecule has 2 aliphatic rings. The van der Waals surface area contributed by atoms with Crippen LogP contribution in [0.2, 0.25) is 0 Å². The lowest BCUT2D eigenvalue weighted by Crippen LogP contribution is -2.61. The summed E-state index contributed by atoms with van der Waals surface area (Å²) in [5, 5.41) is 0. The average molecular weight is 337 g/mol. The van der Waals surface area contributed by atoms with E-state index < -0.39 is 5.54 Å². The molecule has 2 aliphatic heterocycles. The number of anilines is 1. The summed E-state index contributed by atoms with van der Waals surface area (Å²) in [5.74, 6) is 0.194. The maximum atomic E-state index is 13.3. The van der Waals surface area contributed by atoms with E-state index in [2.05, 4.69) is 4.90 Å². The van der Waals surface area contributed by atoms with Gasteiger partial charge in [0.05, 0.1) is 18.3 Å². The molecule has 3 rings (SSSR count). The first-order chi connectivity index (χ1) is 11.5. The van der Waals surface area contributed by atoms with Gasteiger partial charge in [-0.3, -0.25) is 4.79 Å². The third-order valence-electron chi connectivity index (χ3n) is 4.86. The lowest BCUT2D eigenvalue weighted by atomic mass is 9.89. The van der Waals surface area contributed by atoms with Gasteiger partial charge in [0.15, 0.2) is 0 Å². The number of nitrogens with zero attached hydrogens (tertiary/aromatic N) is 2. The largest absolute Gasteiger partial charge is 0.494 e. The number of hydrogen-bond acceptors (Lipinski definition) is 5. The SMILES string of the molecule is COc1cc(F)ccc1N1CCN(C(=O)C2(N)CCOCC2)CC1. The maximum Gasteiger partial charge on any atom is 0.242 e. The predicted molar refractivity (Wildman–Crippen MR) is 88.7 cm³/mol. The summed E-state index contributed by atoms with van der Waals surface area (Å²) in [6, 6.07) is 4.52. The Labute approximate surface area is 141 Å². The van der Waals surface area contributed by atoms with Gasteiger partial charge in [0, 0.05) is 45.5 Å². The highest BCUT2D eigenvalue weighted by atomic mass is 19.1. The number of rotatable bonds is 3. The van der Waals surface area contributed by atoms with E-state index in [9.17, 15) is 9.18 Å². The Bertz CT molecular complexity index is 597. The highest BCUT2D eigenvalue weighted by molar-refractivity contribution is 5.86. The minimum absolute atomic E-state index is 0.0107.